The van der Waals surface area contributed by atoms with E-state index in [1.807, 2.05) is 42.5 Å². The normalized spacial score (nSPS) is 18.0. The van der Waals surface area contributed by atoms with E-state index in [9.17, 15) is 14.7 Å². The van der Waals surface area contributed by atoms with Gasteiger partial charge in [-0.15, -0.1) is 0 Å². The maximum atomic E-state index is 13.1. The minimum Gasteiger partial charge on any atom is -0.475 e. The van der Waals surface area contributed by atoms with Crippen LogP contribution in [0.15, 0.2) is 48.8 Å². The van der Waals surface area contributed by atoms with E-state index in [1.54, 1.807) is 9.80 Å². The molecule has 2 aliphatic rings. The number of aliphatic hydroxyl groups excluding tert-OH is 1. The van der Waals surface area contributed by atoms with Crippen molar-refractivity contribution in [2.75, 3.05) is 30.3 Å². The Morgan fingerprint density at radius 2 is 1.91 bits per heavy atom. The van der Waals surface area contributed by atoms with E-state index >= 15 is 0 Å². The summed E-state index contributed by atoms with van der Waals surface area (Å²) in [5, 5.41) is 10.2. The molecule has 1 atom stereocenters. The van der Waals surface area contributed by atoms with Gasteiger partial charge in [0.2, 0.25) is 5.88 Å². The van der Waals surface area contributed by atoms with Gasteiger partial charge in [0.1, 0.15) is 30.4 Å². The Balaban J connectivity index is 1.36. The lowest BCUT2D eigenvalue weighted by atomic mass is 10.0. The van der Waals surface area contributed by atoms with E-state index in [-0.39, 0.29) is 35.7 Å². The first-order chi connectivity index (χ1) is 16.4. The zero-order valence-corrected chi connectivity index (χ0v) is 18.9. The van der Waals surface area contributed by atoms with Gasteiger partial charge in [0, 0.05) is 29.4 Å². The lowest BCUT2D eigenvalue weighted by Crippen LogP contribution is -2.32. The highest BCUT2D eigenvalue weighted by atomic mass is 35.5. The minimum absolute atomic E-state index is 0.0792. The first-order valence-electron chi connectivity index (χ1n) is 10.8. The van der Waals surface area contributed by atoms with E-state index in [4.69, 9.17) is 22.1 Å². The highest BCUT2D eigenvalue weighted by Crippen LogP contribution is 2.32. The van der Waals surface area contributed by atoms with Crippen molar-refractivity contribution in [2.24, 2.45) is 0 Å². The van der Waals surface area contributed by atoms with Crippen molar-refractivity contribution in [2.45, 2.75) is 19.1 Å². The average molecular weight is 480 g/mol. The van der Waals surface area contributed by atoms with Crippen molar-refractivity contribution >= 4 is 34.9 Å². The molecule has 3 heterocycles. The van der Waals surface area contributed by atoms with Crippen molar-refractivity contribution in [3.63, 3.8) is 0 Å². The topological polar surface area (TPSA) is 122 Å². The Hall–Kier alpha value is -3.69. The summed E-state index contributed by atoms with van der Waals surface area (Å²) in [7, 11) is 0. The predicted octanol–water partition coefficient (Wildman–Crippen LogP) is 2.51. The number of ether oxygens (including phenoxy) is 1. The summed E-state index contributed by atoms with van der Waals surface area (Å²) in [6, 6.07) is 13.1. The minimum atomic E-state index is -0.909. The molecular formula is C24H22ClN5O4. The van der Waals surface area contributed by atoms with Crippen LogP contribution in [0.2, 0.25) is 5.02 Å². The van der Waals surface area contributed by atoms with E-state index in [0.29, 0.717) is 36.8 Å². The van der Waals surface area contributed by atoms with Crippen molar-refractivity contribution in [3.05, 3.63) is 64.9 Å². The van der Waals surface area contributed by atoms with Gasteiger partial charge in [-0.1, -0.05) is 35.9 Å². The molecule has 9 nitrogen and oxygen atoms in total. The number of hydrogen-bond acceptors (Lipinski definition) is 7. The van der Waals surface area contributed by atoms with Gasteiger partial charge in [-0.25, -0.2) is 9.97 Å². The van der Waals surface area contributed by atoms with Crippen LogP contribution in [-0.4, -0.2) is 57.6 Å². The molecule has 0 bridgehead atoms. The molecular weight excluding hydrogens is 458 g/mol. The Morgan fingerprint density at radius 1 is 1.12 bits per heavy atom. The molecule has 10 heteroatoms. The van der Waals surface area contributed by atoms with Crippen LogP contribution in [0.25, 0.3) is 11.1 Å². The largest absolute Gasteiger partial charge is 0.475 e. The van der Waals surface area contributed by atoms with Crippen molar-refractivity contribution in [3.8, 4) is 17.0 Å². The number of amides is 2. The van der Waals surface area contributed by atoms with Crippen LogP contribution in [0.3, 0.4) is 0 Å². The number of anilines is 2. The fourth-order valence-electron chi connectivity index (χ4n) is 4.22. The molecule has 1 fully saturated rings. The second-order valence-electron chi connectivity index (χ2n) is 8.17. The van der Waals surface area contributed by atoms with Crippen molar-refractivity contribution in [1.82, 2.24) is 14.9 Å². The number of aliphatic hydroxyl groups is 1. The number of rotatable bonds is 4. The van der Waals surface area contributed by atoms with Gasteiger partial charge in [0.05, 0.1) is 6.54 Å². The highest BCUT2D eigenvalue weighted by molar-refractivity contribution is 6.33. The van der Waals surface area contributed by atoms with E-state index in [0.717, 1.165) is 16.7 Å². The third-order valence-corrected chi connectivity index (χ3v) is 6.33. The number of carbonyl (C=O) groups is 2. The third-order valence-electron chi connectivity index (χ3n) is 6.02. The zero-order chi connectivity index (χ0) is 23.8. The molecule has 3 N–H and O–H groups in total. The number of nitrogens with zero attached hydrogens (tertiary/aromatic N) is 4. The molecule has 2 amide bonds. The predicted molar refractivity (Wildman–Crippen MR) is 127 cm³/mol. The maximum Gasteiger partial charge on any atom is 0.267 e. The SMILES string of the molecule is Nc1ncnc2c1C(=O)N(c1ccc(-c3ccc(CN4CCC(O)C4=O)cc3Cl)cc1)CCO2. The Bertz CT molecular complexity index is 1270. The molecule has 174 valence electrons. The van der Waals surface area contributed by atoms with Gasteiger partial charge in [0.15, 0.2) is 0 Å². The highest BCUT2D eigenvalue weighted by Gasteiger charge is 2.30. The molecule has 5 rings (SSSR count). The number of benzene rings is 2. The van der Waals surface area contributed by atoms with Gasteiger partial charge in [-0.3, -0.25) is 9.59 Å². The Labute approximate surface area is 200 Å². The molecule has 3 aromatic rings. The number of fused-ring (bicyclic) bond motifs is 1. The molecule has 1 aromatic heterocycles. The van der Waals surface area contributed by atoms with Gasteiger partial charge in [-0.05, 0) is 35.7 Å². The summed E-state index contributed by atoms with van der Waals surface area (Å²) in [5.74, 6) is -0.299. The quantitative estimate of drug-likeness (QED) is 0.589. The second kappa shape index (κ2) is 8.92. The molecule has 34 heavy (non-hydrogen) atoms. The van der Waals surface area contributed by atoms with Crippen LogP contribution < -0.4 is 15.4 Å². The first kappa shape index (κ1) is 22.1. The number of hydrogen-bond donors (Lipinski definition) is 2. The summed E-state index contributed by atoms with van der Waals surface area (Å²) in [6.45, 7) is 1.56. The summed E-state index contributed by atoms with van der Waals surface area (Å²) < 4.78 is 5.58. The van der Waals surface area contributed by atoms with E-state index in [2.05, 4.69) is 9.97 Å². The van der Waals surface area contributed by atoms with E-state index in [1.165, 1.54) is 6.33 Å². The first-order valence-corrected chi connectivity index (χ1v) is 11.2. The number of carbonyl (C=O) groups excluding carboxylic acids is 2. The van der Waals surface area contributed by atoms with Crippen LogP contribution in [0.1, 0.15) is 22.3 Å². The standard InChI is InChI=1S/C24H22ClN5O4/c25-18-11-14(12-29-8-7-19(31)23(29)32)1-6-17(18)15-2-4-16(5-3-15)30-9-10-34-22-20(24(30)33)21(26)27-13-28-22/h1-6,11,13,19,31H,7-10,12H2,(H2,26,27,28). The second-order valence-corrected chi connectivity index (χ2v) is 8.58. The molecule has 2 aromatic carbocycles. The van der Waals surface area contributed by atoms with Crippen molar-refractivity contribution in [1.29, 1.82) is 0 Å². The summed E-state index contributed by atoms with van der Waals surface area (Å²) in [4.78, 5) is 36.2. The maximum absolute atomic E-state index is 13.1. The number of halogens is 1. The van der Waals surface area contributed by atoms with Crippen LogP contribution >= 0.6 is 11.6 Å². The fraction of sp³-hybridized carbons (Fsp3) is 0.250. The number of aromatic nitrogens is 2. The fourth-order valence-corrected chi connectivity index (χ4v) is 4.53. The van der Waals surface area contributed by atoms with Gasteiger partial charge < -0.3 is 25.4 Å². The van der Waals surface area contributed by atoms with Gasteiger partial charge in [0.25, 0.3) is 11.8 Å². The Morgan fingerprint density at radius 3 is 2.62 bits per heavy atom. The summed E-state index contributed by atoms with van der Waals surface area (Å²) >= 11 is 6.56. The van der Waals surface area contributed by atoms with Gasteiger partial charge in [-0.2, -0.15) is 0 Å². The van der Waals surface area contributed by atoms with Crippen LogP contribution in [0.4, 0.5) is 11.5 Å². The third kappa shape index (κ3) is 4.04. The molecule has 0 spiro atoms. The van der Waals surface area contributed by atoms with Crippen LogP contribution in [-0.2, 0) is 11.3 Å². The molecule has 0 saturated carbocycles. The van der Waals surface area contributed by atoms with Crippen molar-refractivity contribution < 1.29 is 19.4 Å². The molecule has 1 saturated heterocycles. The molecule has 0 aliphatic carbocycles. The average Bonchev–Trinajstić information content (AvgIpc) is 3.03. The summed E-state index contributed by atoms with van der Waals surface area (Å²) in [5.41, 5.74) is 9.36. The van der Waals surface area contributed by atoms with Crippen LogP contribution in [0, 0.1) is 0 Å². The lowest BCUT2D eigenvalue weighted by Gasteiger charge is -2.20. The van der Waals surface area contributed by atoms with Gasteiger partial charge >= 0.3 is 0 Å². The number of nitrogens with two attached hydrogens (primary N) is 1. The number of likely N-dealkylation sites (tertiary alicyclic amines) is 1. The number of nitrogen functional groups attached to an aromatic ring is 1. The lowest BCUT2D eigenvalue weighted by molar-refractivity contribution is -0.134. The zero-order valence-electron chi connectivity index (χ0n) is 18.1. The van der Waals surface area contributed by atoms with E-state index < -0.39 is 6.10 Å². The monoisotopic (exact) mass is 479 g/mol. The molecule has 2 aliphatic heterocycles. The van der Waals surface area contributed by atoms with Crippen LogP contribution in [0.5, 0.6) is 5.88 Å². The molecule has 0 radical (unpaired) electrons. The summed E-state index contributed by atoms with van der Waals surface area (Å²) in [6.07, 6.45) is 0.814. The smallest absolute Gasteiger partial charge is 0.267 e. The molecule has 1 unspecified atom stereocenters. The Kier molecular flexibility index (Phi) is 5.80.